The Kier molecular flexibility index (Phi) is 3.26. The molecule has 1 heterocycles. The monoisotopic (exact) mass is 235 g/mol. The molecule has 1 aromatic carbocycles. The maximum absolute atomic E-state index is 14.8. The second kappa shape index (κ2) is 4.41. The Bertz CT molecular complexity index is 358. The van der Waals surface area contributed by atoms with E-state index in [2.05, 4.69) is 25.7 Å². The highest BCUT2D eigenvalue weighted by Gasteiger charge is 2.38. The molecule has 0 aliphatic carbocycles. The van der Waals surface area contributed by atoms with Crippen LogP contribution < -0.4 is 0 Å². The average Bonchev–Trinajstić information content (AvgIpc) is 2.29. The summed E-state index contributed by atoms with van der Waals surface area (Å²) in [6.45, 7) is 8.27. The number of hydrogen-bond donors (Lipinski definition) is 0. The maximum Gasteiger partial charge on any atom is 0.138 e. The van der Waals surface area contributed by atoms with Crippen molar-refractivity contribution in [2.45, 2.75) is 44.8 Å². The molecule has 0 spiro atoms. The number of benzene rings is 1. The van der Waals surface area contributed by atoms with Crippen molar-refractivity contribution in [2.24, 2.45) is 0 Å². The Morgan fingerprint density at radius 1 is 1.06 bits per heavy atom. The van der Waals surface area contributed by atoms with Crippen LogP contribution in [-0.2, 0) is 5.67 Å². The molecular weight excluding hydrogens is 213 g/mol. The number of piperidine rings is 1. The van der Waals surface area contributed by atoms with E-state index >= 15 is 0 Å². The molecule has 1 nitrogen and oxygen atoms in total. The van der Waals surface area contributed by atoms with Gasteiger partial charge >= 0.3 is 0 Å². The summed E-state index contributed by atoms with van der Waals surface area (Å²) < 4.78 is 14.8. The Morgan fingerprint density at radius 2 is 1.59 bits per heavy atom. The van der Waals surface area contributed by atoms with Crippen molar-refractivity contribution in [3.63, 3.8) is 0 Å². The average molecular weight is 235 g/mol. The van der Waals surface area contributed by atoms with Crippen molar-refractivity contribution < 1.29 is 4.39 Å². The van der Waals surface area contributed by atoms with Crippen LogP contribution in [0.1, 0.15) is 39.2 Å². The molecule has 1 fully saturated rings. The van der Waals surface area contributed by atoms with Crippen LogP contribution in [0.4, 0.5) is 4.39 Å². The molecule has 0 atom stereocenters. The van der Waals surface area contributed by atoms with Crippen LogP contribution in [0.3, 0.4) is 0 Å². The summed E-state index contributed by atoms with van der Waals surface area (Å²) in [6.07, 6.45) is 1.21. The third-order valence-electron chi connectivity index (χ3n) is 3.80. The molecule has 0 unspecified atom stereocenters. The first-order valence-electron chi connectivity index (χ1n) is 6.41. The number of halogens is 1. The third-order valence-corrected chi connectivity index (χ3v) is 3.80. The predicted octanol–water partition coefficient (Wildman–Crippen LogP) is 3.75. The van der Waals surface area contributed by atoms with Gasteiger partial charge in [0.15, 0.2) is 0 Å². The fourth-order valence-corrected chi connectivity index (χ4v) is 2.56. The molecule has 1 aromatic rings. The maximum atomic E-state index is 14.8. The zero-order valence-corrected chi connectivity index (χ0v) is 11.0. The number of alkyl halides is 1. The van der Waals surface area contributed by atoms with E-state index in [0.717, 1.165) is 18.7 Å². The third kappa shape index (κ3) is 2.68. The smallest absolute Gasteiger partial charge is 0.138 e. The summed E-state index contributed by atoms with van der Waals surface area (Å²) in [7, 11) is 0. The predicted molar refractivity (Wildman–Crippen MR) is 69.8 cm³/mol. The SMILES string of the molecule is CC(C)(C)N1CCC(F)(c2ccccc2)CC1. The number of nitrogens with zero attached hydrogens (tertiary/aromatic N) is 1. The van der Waals surface area contributed by atoms with Gasteiger partial charge in [-0.2, -0.15) is 0 Å². The summed E-state index contributed by atoms with van der Waals surface area (Å²) in [5.74, 6) is 0. The van der Waals surface area contributed by atoms with E-state index in [-0.39, 0.29) is 5.54 Å². The van der Waals surface area contributed by atoms with Crippen molar-refractivity contribution in [1.82, 2.24) is 4.90 Å². The van der Waals surface area contributed by atoms with Crippen LogP contribution in [0.5, 0.6) is 0 Å². The summed E-state index contributed by atoms with van der Waals surface area (Å²) in [5, 5.41) is 0. The van der Waals surface area contributed by atoms with E-state index in [1.165, 1.54) is 0 Å². The van der Waals surface area contributed by atoms with Crippen LogP contribution in [0, 0.1) is 0 Å². The summed E-state index contributed by atoms with van der Waals surface area (Å²) >= 11 is 0. The van der Waals surface area contributed by atoms with Crippen molar-refractivity contribution in [1.29, 1.82) is 0 Å². The molecule has 1 aliphatic heterocycles. The van der Waals surface area contributed by atoms with E-state index in [0.29, 0.717) is 12.8 Å². The fraction of sp³-hybridized carbons (Fsp3) is 0.600. The van der Waals surface area contributed by atoms with E-state index in [1.807, 2.05) is 30.3 Å². The van der Waals surface area contributed by atoms with E-state index < -0.39 is 5.67 Å². The first-order valence-corrected chi connectivity index (χ1v) is 6.41. The standard InChI is InChI=1S/C15H22FN/c1-14(2,3)17-11-9-15(16,10-12-17)13-7-5-4-6-8-13/h4-8H,9-12H2,1-3H3. The van der Waals surface area contributed by atoms with Gasteiger partial charge in [-0.05, 0) is 39.2 Å². The molecule has 2 heteroatoms. The van der Waals surface area contributed by atoms with Crippen LogP contribution in [0.25, 0.3) is 0 Å². The van der Waals surface area contributed by atoms with Crippen LogP contribution >= 0.6 is 0 Å². The topological polar surface area (TPSA) is 3.24 Å². The normalized spacial score (nSPS) is 21.4. The van der Waals surface area contributed by atoms with Crippen LogP contribution in [-0.4, -0.2) is 23.5 Å². The van der Waals surface area contributed by atoms with Gasteiger partial charge in [0.2, 0.25) is 0 Å². The minimum atomic E-state index is -1.12. The van der Waals surface area contributed by atoms with Gasteiger partial charge in [-0.1, -0.05) is 30.3 Å². The molecular formula is C15H22FN. The largest absolute Gasteiger partial charge is 0.298 e. The molecule has 1 saturated heterocycles. The number of likely N-dealkylation sites (tertiary alicyclic amines) is 1. The fourth-order valence-electron chi connectivity index (χ4n) is 2.56. The molecule has 0 N–H and O–H groups in total. The summed E-state index contributed by atoms with van der Waals surface area (Å²) in [6, 6.07) is 9.61. The van der Waals surface area contributed by atoms with Gasteiger partial charge < -0.3 is 0 Å². The van der Waals surface area contributed by atoms with Gasteiger partial charge in [-0.15, -0.1) is 0 Å². The van der Waals surface area contributed by atoms with E-state index in [4.69, 9.17) is 0 Å². The highest BCUT2D eigenvalue weighted by molar-refractivity contribution is 5.23. The van der Waals surface area contributed by atoms with Crippen LogP contribution in [0.15, 0.2) is 30.3 Å². The molecule has 2 rings (SSSR count). The Balaban J connectivity index is 2.08. The Morgan fingerprint density at radius 3 is 2.06 bits per heavy atom. The van der Waals surface area contributed by atoms with Gasteiger partial charge in [0.1, 0.15) is 5.67 Å². The quantitative estimate of drug-likeness (QED) is 0.716. The molecule has 1 aliphatic rings. The minimum absolute atomic E-state index is 0.151. The molecule has 0 amide bonds. The number of hydrogen-bond acceptors (Lipinski definition) is 1. The molecule has 94 valence electrons. The lowest BCUT2D eigenvalue weighted by atomic mass is 9.85. The van der Waals surface area contributed by atoms with Gasteiger partial charge in [0.25, 0.3) is 0 Å². The summed E-state index contributed by atoms with van der Waals surface area (Å²) in [4.78, 5) is 2.37. The second-order valence-corrected chi connectivity index (χ2v) is 5.99. The van der Waals surface area contributed by atoms with Crippen molar-refractivity contribution >= 4 is 0 Å². The van der Waals surface area contributed by atoms with E-state index in [9.17, 15) is 4.39 Å². The van der Waals surface area contributed by atoms with Crippen molar-refractivity contribution in [3.8, 4) is 0 Å². The highest BCUT2D eigenvalue weighted by Crippen LogP contribution is 2.38. The number of rotatable bonds is 1. The van der Waals surface area contributed by atoms with Crippen molar-refractivity contribution in [3.05, 3.63) is 35.9 Å². The van der Waals surface area contributed by atoms with Gasteiger partial charge in [0.05, 0.1) is 0 Å². The van der Waals surface area contributed by atoms with Crippen molar-refractivity contribution in [2.75, 3.05) is 13.1 Å². The Hall–Kier alpha value is -0.890. The van der Waals surface area contributed by atoms with Gasteiger partial charge in [-0.3, -0.25) is 4.90 Å². The molecule has 0 bridgehead atoms. The highest BCUT2D eigenvalue weighted by atomic mass is 19.1. The second-order valence-electron chi connectivity index (χ2n) is 5.99. The molecule has 0 aromatic heterocycles. The Labute approximate surface area is 104 Å². The molecule has 17 heavy (non-hydrogen) atoms. The zero-order valence-electron chi connectivity index (χ0n) is 11.0. The van der Waals surface area contributed by atoms with E-state index in [1.54, 1.807) is 0 Å². The van der Waals surface area contributed by atoms with Gasteiger partial charge in [0, 0.05) is 18.6 Å². The molecule has 0 radical (unpaired) electrons. The van der Waals surface area contributed by atoms with Gasteiger partial charge in [-0.25, -0.2) is 4.39 Å². The lowest BCUT2D eigenvalue weighted by Gasteiger charge is -2.43. The summed E-state index contributed by atoms with van der Waals surface area (Å²) in [5.41, 5.74) is -0.130. The molecule has 0 saturated carbocycles. The first-order chi connectivity index (χ1) is 7.92. The lowest BCUT2D eigenvalue weighted by Crippen LogP contribution is -2.49. The minimum Gasteiger partial charge on any atom is -0.298 e. The van der Waals surface area contributed by atoms with Crippen LogP contribution in [0.2, 0.25) is 0 Å². The zero-order chi connectivity index (χ0) is 12.5. The lowest BCUT2D eigenvalue weighted by molar-refractivity contribution is 0.0149. The first kappa shape index (κ1) is 12.6.